The van der Waals surface area contributed by atoms with Crippen molar-refractivity contribution in [1.29, 1.82) is 0 Å². The number of alkyl halides is 3. The van der Waals surface area contributed by atoms with Gasteiger partial charge in [-0.05, 0) is 42.0 Å². The highest BCUT2D eigenvalue weighted by atomic mass is 35.5. The van der Waals surface area contributed by atoms with E-state index in [9.17, 15) is 18.0 Å². The summed E-state index contributed by atoms with van der Waals surface area (Å²) >= 11 is 6.05. The molecular formula is C22H17ClF3N5O2. The molecule has 0 aliphatic heterocycles. The number of carbonyl (C=O) groups is 1. The molecule has 0 aliphatic rings. The van der Waals surface area contributed by atoms with Crippen LogP contribution in [0.5, 0.6) is 5.75 Å². The predicted octanol–water partition coefficient (Wildman–Crippen LogP) is 5.87. The van der Waals surface area contributed by atoms with Crippen molar-refractivity contribution < 1.29 is 22.7 Å². The fourth-order valence-corrected chi connectivity index (χ4v) is 3.40. The Morgan fingerprint density at radius 3 is 2.55 bits per heavy atom. The van der Waals surface area contributed by atoms with E-state index in [1.54, 1.807) is 36.5 Å². The van der Waals surface area contributed by atoms with E-state index in [2.05, 4.69) is 25.6 Å². The standard InChI is InChI=1S/C22H17ClF3N5O2/c1-33-17-7-4-13(22(24,25)26)11-16(17)30-21(32)28-14-5-2-12(3-6-14)10-18-29-15-8-9-27-20(23)19(15)31-18/h2-9,11H,10H2,1H3,(H,29,31)(H2,28,30,32). The van der Waals surface area contributed by atoms with Gasteiger partial charge in [0.25, 0.3) is 0 Å². The van der Waals surface area contributed by atoms with Crippen molar-refractivity contribution in [3.8, 4) is 5.75 Å². The molecule has 2 aromatic carbocycles. The van der Waals surface area contributed by atoms with E-state index in [4.69, 9.17) is 16.3 Å². The minimum atomic E-state index is -4.54. The topological polar surface area (TPSA) is 91.9 Å². The summed E-state index contributed by atoms with van der Waals surface area (Å²) in [6, 6.07) is 10.9. The van der Waals surface area contributed by atoms with E-state index in [1.165, 1.54) is 7.11 Å². The lowest BCUT2D eigenvalue weighted by Crippen LogP contribution is -2.20. The first-order valence-corrected chi connectivity index (χ1v) is 10.0. The highest BCUT2D eigenvalue weighted by Gasteiger charge is 2.31. The quantitative estimate of drug-likeness (QED) is 0.315. The molecule has 11 heteroatoms. The molecule has 0 aliphatic carbocycles. The second kappa shape index (κ2) is 8.99. The molecule has 0 saturated carbocycles. The third-order valence-corrected chi connectivity index (χ3v) is 5.04. The number of hydrogen-bond donors (Lipinski definition) is 3. The lowest BCUT2D eigenvalue weighted by atomic mass is 10.1. The maximum absolute atomic E-state index is 13.0. The van der Waals surface area contributed by atoms with Crippen molar-refractivity contribution in [2.45, 2.75) is 12.6 Å². The van der Waals surface area contributed by atoms with E-state index in [-0.39, 0.29) is 11.4 Å². The number of aromatic nitrogens is 3. The van der Waals surface area contributed by atoms with Crippen LogP contribution < -0.4 is 15.4 Å². The van der Waals surface area contributed by atoms with Crippen LogP contribution in [0.4, 0.5) is 29.3 Å². The number of nitrogens with zero attached hydrogens (tertiary/aromatic N) is 2. The molecule has 0 fully saturated rings. The number of aromatic amines is 1. The summed E-state index contributed by atoms with van der Waals surface area (Å²) in [7, 11) is 1.30. The van der Waals surface area contributed by atoms with Gasteiger partial charge in [0, 0.05) is 18.3 Å². The van der Waals surface area contributed by atoms with E-state index in [0.29, 0.717) is 28.6 Å². The summed E-state index contributed by atoms with van der Waals surface area (Å²) in [5.74, 6) is 0.810. The zero-order chi connectivity index (χ0) is 23.6. The summed E-state index contributed by atoms with van der Waals surface area (Å²) in [4.78, 5) is 23.9. The largest absolute Gasteiger partial charge is 0.495 e. The zero-order valence-corrected chi connectivity index (χ0v) is 17.9. The molecule has 4 rings (SSSR count). The number of methoxy groups -OCH3 is 1. The highest BCUT2D eigenvalue weighted by Crippen LogP contribution is 2.35. The number of ether oxygens (including phenoxy) is 1. The van der Waals surface area contributed by atoms with Crippen molar-refractivity contribution in [1.82, 2.24) is 15.0 Å². The monoisotopic (exact) mass is 475 g/mol. The Morgan fingerprint density at radius 1 is 1.12 bits per heavy atom. The van der Waals surface area contributed by atoms with E-state index in [1.807, 2.05) is 0 Å². The van der Waals surface area contributed by atoms with Gasteiger partial charge in [-0.15, -0.1) is 0 Å². The predicted molar refractivity (Wildman–Crippen MR) is 119 cm³/mol. The van der Waals surface area contributed by atoms with E-state index >= 15 is 0 Å². The molecular weight excluding hydrogens is 459 g/mol. The highest BCUT2D eigenvalue weighted by molar-refractivity contribution is 6.33. The maximum Gasteiger partial charge on any atom is 0.416 e. The van der Waals surface area contributed by atoms with Gasteiger partial charge in [-0.2, -0.15) is 13.2 Å². The Morgan fingerprint density at radius 2 is 1.88 bits per heavy atom. The lowest BCUT2D eigenvalue weighted by molar-refractivity contribution is -0.137. The minimum absolute atomic E-state index is 0.0977. The molecule has 2 amide bonds. The van der Waals surface area contributed by atoms with Crippen LogP contribution in [0.25, 0.3) is 11.0 Å². The third kappa shape index (κ3) is 5.17. The molecule has 0 radical (unpaired) electrons. The first kappa shape index (κ1) is 22.4. The molecule has 0 bridgehead atoms. The summed E-state index contributed by atoms with van der Waals surface area (Å²) in [6.07, 6.45) is -2.46. The number of urea groups is 1. The van der Waals surface area contributed by atoms with Crippen LogP contribution in [-0.4, -0.2) is 28.1 Å². The molecule has 2 heterocycles. The van der Waals surface area contributed by atoms with Gasteiger partial charge < -0.3 is 20.4 Å². The number of fused-ring (bicyclic) bond motifs is 1. The Bertz CT molecular complexity index is 1310. The van der Waals surface area contributed by atoms with Crippen molar-refractivity contribution >= 4 is 40.0 Å². The van der Waals surface area contributed by atoms with Gasteiger partial charge in [-0.3, -0.25) is 0 Å². The first-order valence-electron chi connectivity index (χ1n) is 9.64. The van der Waals surface area contributed by atoms with Crippen LogP contribution >= 0.6 is 11.6 Å². The number of benzene rings is 2. The van der Waals surface area contributed by atoms with Crippen LogP contribution in [0.2, 0.25) is 5.15 Å². The normalized spacial score (nSPS) is 11.4. The van der Waals surface area contributed by atoms with Crippen LogP contribution in [0.15, 0.2) is 54.7 Å². The number of nitrogens with one attached hydrogen (secondary N) is 3. The van der Waals surface area contributed by atoms with E-state index in [0.717, 1.165) is 29.3 Å². The number of anilines is 2. The molecule has 4 aromatic rings. The summed E-state index contributed by atoms with van der Waals surface area (Å²) in [6.45, 7) is 0. The number of pyridine rings is 1. The smallest absolute Gasteiger partial charge is 0.416 e. The Kier molecular flexibility index (Phi) is 6.10. The number of H-pyrrole nitrogens is 1. The SMILES string of the molecule is COc1ccc(C(F)(F)F)cc1NC(=O)Nc1ccc(Cc2nc3c(Cl)nccc3[nH]2)cc1. The fraction of sp³-hybridized carbons (Fsp3) is 0.136. The Hall–Kier alpha value is -3.79. The maximum atomic E-state index is 13.0. The average molecular weight is 476 g/mol. The molecule has 2 aromatic heterocycles. The van der Waals surface area contributed by atoms with Gasteiger partial charge in [0.1, 0.15) is 17.1 Å². The van der Waals surface area contributed by atoms with Gasteiger partial charge in [-0.25, -0.2) is 14.8 Å². The van der Waals surface area contributed by atoms with Crippen molar-refractivity contribution in [3.05, 3.63) is 76.8 Å². The van der Waals surface area contributed by atoms with E-state index < -0.39 is 17.8 Å². The lowest BCUT2D eigenvalue weighted by Gasteiger charge is -2.14. The number of rotatable bonds is 5. The second-order valence-electron chi connectivity index (χ2n) is 7.05. The Labute approximate surface area is 191 Å². The van der Waals surface area contributed by atoms with Crippen molar-refractivity contribution in [2.24, 2.45) is 0 Å². The van der Waals surface area contributed by atoms with Crippen LogP contribution in [0, 0.1) is 0 Å². The molecule has 0 atom stereocenters. The van der Waals surface area contributed by atoms with Crippen LogP contribution in [0.3, 0.4) is 0 Å². The molecule has 0 unspecified atom stereocenters. The summed E-state index contributed by atoms with van der Waals surface area (Å²) < 4.78 is 44.0. The van der Waals surface area contributed by atoms with Crippen molar-refractivity contribution in [2.75, 3.05) is 17.7 Å². The second-order valence-corrected chi connectivity index (χ2v) is 7.41. The fourth-order valence-electron chi connectivity index (χ4n) is 3.20. The van der Waals surface area contributed by atoms with Gasteiger partial charge in [0.2, 0.25) is 0 Å². The number of imidazole rings is 1. The third-order valence-electron chi connectivity index (χ3n) is 4.76. The van der Waals surface area contributed by atoms with Crippen molar-refractivity contribution in [3.63, 3.8) is 0 Å². The molecule has 0 saturated heterocycles. The molecule has 170 valence electrons. The van der Waals surface area contributed by atoms with Crippen LogP contribution in [-0.2, 0) is 12.6 Å². The molecule has 3 N–H and O–H groups in total. The molecule has 7 nitrogen and oxygen atoms in total. The van der Waals surface area contributed by atoms with Gasteiger partial charge in [0.15, 0.2) is 5.15 Å². The number of halogens is 4. The number of amides is 2. The van der Waals surface area contributed by atoms with Gasteiger partial charge >= 0.3 is 12.2 Å². The van der Waals surface area contributed by atoms with Gasteiger partial charge in [-0.1, -0.05) is 23.7 Å². The molecule has 33 heavy (non-hydrogen) atoms. The molecule has 0 spiro atoms. The summed E-state index contributed by atoms with van der Waals surface area (Å²) in [5, 5.41) is 5.29. The Balaban J connectivity index is 1.42. The van der Waals surface area contributed by atoms with Gasteiger partial charge in [0.05, 0.1) is 23.9 Å². The minimum Gasteiger partial charge on any atom is -0.495 e. The summed E-state index contributed by atoms with van der Waals surface area (Å²) in [5.41, 5.74) is 1.76. The number of carbonyl (C=O) groups excluding carboxylic acids is 1. The van der Waals surface area contributed by atoms with Crippen LogP contribution in [0.1, 0.15) is 17.0 Å². The zero-order valence-electron chi connectivity index (χ0n) is 17.1. The average Bonchev–Trinajstić information content (AvgIpc) is 3.18. The first-order chi connectivity index (χ1) is 15.7. The number of hydrogen-bond acceptors (Lipinski definition) is 4.